The monoisotopic (exact) mass is 351 g/mol. The van der Waals surface area contributed by atoms with Crippen molar-refractivity contribution < 1.29 is 14.7 Å². The quantitative estimate of drug-likeness (QED) is 0.367. The zero-order valence-electron chi connectivity index (χ0n) is 16.0. The highest BCUT2D eigenvalue weighted by Gasteiger charge is 2.25. The van der Waals surface area contributed by atoms with Gasteiger partial charge >= 0.3 is 5.97 Å². The summed E-state index contributed by atoms with van der Waals surface area (Å²) in [6.07, 6.45) is 18.2. The van der Waals surface area contributed by atoms with Gasteiger partial charge in [-0.3, -0.25) is 9.59 Å². The van der Waals surface area contributed by atoms with Crippen LogP contribution in [0.3, 0.4) is 0 Å². The van der Waals surface area contributed by atoms with Crippen LogP contribution >= 0.6 is 0 Å². The Balaban J connectivity index is 2.25. The molecule has 0 aliphatic carbocycles. The van der Waals surface area contributed by atoms with Crippen LogP contribution in [0.15, 0.2) is 12.2 Å². The van der Waals surface area contributed by atoms with Crippen molar-refractivity contribution in [2.24, 2.45) is 5.92 Å². The zero-order chi connectivity index (χ0) is 18.3. The molecular formula is C21H37NO3. The molecule has 1 amide bonds. The number of carbonyl (C=O) groups excluding carboxylic acids is 1. The number of aliphatic carboxylic acids is 1. The summed E-state index contributed by atoms with van der Waals surface area (Å²) in [5.74, 6) is -1.40. The molecule has 144 valence electrons. The van der Waals surface area contributed by atoms with Gasteiger partial charge in [-0.15, -0.1) is 0 Å². The molecule has 25 heavy (non-hydrogen) atoms. The van der Waals surface area contributed by atoms with Crippen molar-refractivity contribution in [1.82, 2.24) is 4.90 Å². The standard InChI is InChI=1S/C21H37NO3/c1-2-3-4-5-6-7-8-9-10-12-15-19(18-20(23)24)21(25)22-16-13-11-14-17-22/h12,15,19H,2-11,13-14,16-18H2,1H3,(H,23,24). The van der Waals surface area contributed by atoms with Gasteiger partial charge in [-0.25, -0.2) is 0 Å². The third-order valence-corrected chi connectivity index (χ3v) is 4.97. The van der Waals surface area contributed by atoms with Gasteiger partial charge in [-0.2, -0.15) is 0 Å². The topological polar surface area (TPSA) is 57.6 Å². The van der Waals surface area contributed by atoms with Crippen molar-refractivity contribution in [3.8, 4) is 0 Å². The number of piperidine rings is 1. The molecule has 0 saturated carbocycles. The molecule has 1 saturated heterocycles. The van der Waals surface area contributed by atoms with Crippen molar-refractivity contribution in [3.05, 3.63) is 12.2 Å². The number of carbonyl (C=O) groups is 2. The van der Waals surface area contributed by atoms with Crippen molar-refractivity contribution in [2.75, 3.05) is 13.1 Å². The van der Waals surface area contributed by atoms with Crippen LogP contribution in [0.4, 0.5) is 0 Å². The first-order chi connectivity index (χ1) is 12.1. The summed E-state index contributed by atoms with van der Waals surface area (Å²) in [5, 5.41) is 9.09. The van der Waals surface area contributed by atoms with E-state index in [1.54, 1.807) is 0 Å². The lowest BCUT2D eigenvalue weighted by Gasteiger charge is -2.29. The second kappa shape index (κ2) is 13.9. The Morgan fingerprint density at radius 1 is 0.960 bits per heavy atom. The molecule has 1 rings (SSSR count). The Hall–Kier alpha value is -1.32. The average molecular weight is 352 g/mol. The van der Waals surface area contributed by atoms with Gasteiger partial charge in [0.15, 0.2) is 0 Å². The number of hydrogen-bond acceptors (Lipinski definition) is 2. The maximum Gasteiger partial charge on any atom is 0.304 e. The largest absolute Gasteiger partial charge is 0.481 e. The van der Waals surface area contributed by atoms with E-state index in [0.29, 0.717) is 0 Å². The third-order valence-electron chi connectivity index (χ3n) is 4.97. The van der Waals surface area contributed by atoms with Crippen LogP contribution in [0.5, 0.6) is 0 Å². The summed E-state index contributed by atoms with van der Waals surface area (Å²) in [7, 11) is 0. The molecule has 1 N–H and O–H groups in total. The summed E-state index contributed by atoms with van der Waals surface area (Å²) in [6, 6.07) is 0. The Labute approximate surface area is 153 Å². The number of carboxylic acids is 1. The van der Waals surface area contributed by atoms with Crippen molar-refractivity contribution >= 4 is 11.9 Å². The van der Waals surface area contributed by atoms with E-state index in [-0.39, 0.29) is 12.3 Å². The molecule has 0 radical (unpaired) electrons. The Bertz CT molecular complexity index is 400. The fraction of sp³-hybridized carbons (Fsp3) is 0.810. The van der Waals surface area contributed by atoms with Crippen LogP contribution in [0, 0.1) is 5.92 Å². The highest BCUT2D eigenvalue weighted by atomic mass is 16.4. The first-order valence-electron chi connectivity index (χ1n) is 10.3. The third kappa shape index (κ3) is 10.3. The number of nitrogens with zero attached hydrogens (tertiary/aromatic N) is 1. The highest BCUT2D eigenvalue weighted by Crippen LogP contribution is 2.17. The fourth-order valence-electron chi connectivity index (χ4n) is 3.43. The maximum absolute atomic E-state index is 12.5. The molecule has 4 nitrogen and oxygen atoms in total. The summed E-state index contributed by atoms with van der Waals surface area (Å²) < 4.78 is 0. The van der Waals surface area contributed by atoms with Crippen LogP contribution in [0.2, 0.25) is 0 Å². The molecule has 1 aliphatic heterocycles. The number of likely N-dealkylation sites (tertiary alicyclic amines) is 1. The van der Waals surface area contributed by atoms with Gasteiger partial charge in [0.25, 0.3) is 0 Å². The lowest BCUT2D eigenvalue weighted by Crippen LogP contribution is -2.39. The molecule has 1 unspecified atom stereocenters. The average Bonchev–Trinajstić information content (AvgIpc) is 2.62. The van der Waals surface area contributed by atoms with Crippen LogP contribution < -0.4 is 0 Å². The first kappa shape index (κ1) is 21.7. The number of allylic oxidation sites excluding steroid dienone is 1. The van der Waals surface area contributed by atoms with Crippen molar-refractivity contribution in [1.29, 1.82) is 0 Å². The van der Waals surface area contributed by atoms with Gasteiger partial charge < -0.3 is 10.0 Å². The molecule has 4 heteroatoms. The minimum atomic E-state index is -0.896. The number of carboxylic acid groups (broad SMARTS) is 1. The first-order valence-corrected chi connectivity index (χ1v) is 10.3. The molecule has 0 aromatic heterocycles. The van der Waals surface area contributed by atoms with E-state index in [4.69, 9.17) is 5.11 Å². The summed E-state index contributed by atoms with van der Waals surface area (Å²) in [6.45, 7) is 3.79. The second-order valence-electron chi connectivity index (χ2n) is 7.28. The highest BCUT2D eigenvalue weighted by molar-refractivity contribution is 5.84. The van der Waals surface area contributed by atoms with Gasteiger partial charge in [0.1, 0.15) is 0 Å². The van der Waals surface area contributed by atoms with Gasteiger partial charge in [0.2, 0.25) is 5.91 Å². The van der Waals surface area contributed by atoms with Crippen LogP contribution in [-0.4, -0.2) is 35.0 Å². The lowest BCUT2D eigenvalue weighted by molar-refractivity contribution is -0.143. The van der Waals surface area contributed by atoms with Gasteiger partial charge in [0.05, 0.1) is 12.3 Å². The van der Waals surface area contributed by atoms with Crippen LogP contribution in [0.25, 0.3) is 0 Å². The van der Waals surface area contributed by atoms with Crippen molar-refractivity contribution in [3.63, 3.8) is 0 Å². The van der Waals surface area contributed by atoms with E-state index in [0.717, 1.165) is 38.8 Å². The van der Waals surface area contributed by atoms with Crippen LogP contribution in [0.1, 0.15) is 90.4 Å². The van der Waals surface area contributed by atoms with E-state index in [2.05, 4.69) is 6.92 Å². The minimum Gasteiger partial charge on any atom is -0.481 e. The second-order valence-corrected chi connectivity index (χ2v) is 7.28. The van der Waals surface area contributed by atoms with E-state index >= 15 is 0 Å². The number of amides is 1. The van der Waals surface area contributed by atoms with Gasteiger partial charge in [-0.1, -0.05) is 64.0 Å². The summed E-state index contributed by atoms with van der Waals surface area (Å²) >= 11 is 0. The number of rotatable bonds is 13. The molecule has 0 aromatic rings. The lowest BCUT2D eigenvalue weighted by atomic mass is 10.00. The predicted octanol–water partition coefficient (Wildman–Crippen LogP) is 5.18. The Kier molecular flexibility index (Phi) is 12.1. The van der Waals surface area contributed by atoms with E-state index < -0.39 is 11.9 Å². The molecule has 1 aliphatic rings. The predicted molar refractivity (Wildman–Crippen MR) is 103 cm³/mol. The summed E-state index contributed by atoms with van der Waals surface area (Å²) in [5.41, 5.74) is 0. The SMILES string of the molecule is CCCCCCCCCCC=CC(CC(=O)O)C(=O)N1CCCCC1. The summed E-state index contributed by atoms with van der Waals surface area (Å²) in [4.78, 5) is 25.5. The van der Waals surface area contributed by atoms with Crippen molar-refractivity contribution in [2.45, 2.75) is 90.4 Å². The zero-order valence-corrected chi connectivity index (χ0v) is 16.0. The number of hydrogen-bond donors (Lipinski definition) is 1. The van der Waals surface area contributed by atoms with E-state index in [9.17, 15) is 9.59 Å². The molecular weight excluding hydrogens is 314 g/mol. The molecule has 0 spiro atoms. The Morgan fingerprint density at radius 2 is 1.56 bits per heavy atom. The minimum absolute atomic E-state index is 0.00530. The van der Waals surface area contributed by atoms with Gasteiger partial charge in [0, 0.05) is 13.1 Å². The smallest absolute Gasteiger partial charge is 0.304 e. The molecule has 1 fully saturated rings. The molecule has 1 atom stereocenters. The normalized spacial score (nSPS) is 16.3. The van der Waals surface area contributed by atoms with Crippen LogP contribution in [-0.2, 0) is 9.59 Å². The van der Waals surface area contributed by atoms with E-state index in [1.807, 2.05) is 17.1 Å². The fourth-order valence-corrected chi connectivity index (χ4v) is 3.43. The molecule has 1 heterocycles. The van der Waals surface area contributed by atoms with Gasteiger partial charge in [-0.05, 0) is 32.1 Å². The number of unbranched alkanes of at least 4 members (excludes halogenated alkanes) is 8. The Morgan fingerprint density at radius 3 is 2.16 bits per heavy atom. The van der Waals surface area contributed by atoms with E-state index in [1.165, 1.54) is 51.4 Å². The molecule has 0 aromatic carbocycles. The maximum atomic E-state index is 12.5. The molecule has 0 bridgehead atoms.